The lowest BCUT2D eigenvalue weighted by Crippen LogP contribution is -2.43. The summed E-state index contributed by atoms with van der Waals surface area (Å²) in [4.78, 5) is 6.95. The van der Waals surface area contributed by atoms with Gasteiger partial charge in [-0.25, -0.2) is 0 Å². The van der Waals surface area contributed by atoms with Crippen molar-refractivity contribution in [3.63, 3.8) is 0 Å². The van der Waals surface area contributed by atoms with Crippen molar-refractivity contribution in [3.05, 3.63) is 29.3 Å². The van der Waals surface area contributed by atoms with Crippen molar-refractivity contribution in [1.29, 1.82) is 0 Å². The highest BCUT2D eigenvalue weighted by Crippen LogP contribution is 2.46. The fourth-order valence-corrected chi connectivity index (χ4v) is 5.01. The molecule has 0 unspecified atom stereocenters. The summed E-state index contributed by atoms with van der Waals surface area (Å²) in [5.41, 5.74) is 4.28. The molecule has 0 bridgehead atoms. The number of aliphatic hydroxyl groups is 1. The number of rotatable bonds is 7. The van der Waals surface area contributed by atoms with E-state index in [9.17, 15) is 0 Å². The molecule has 1 aromatic heterocycles. The molecule has 0 radical (unpaired) electrons. The summed E-state index contributed by atoms with van der Waals surface area (Å²) in [6.45, 7) is 12.5. The van der Waals surface area contributed by atoms with E-state index in [-0.39, 0.29) is 17.4 Å². The number of hydrogen-bond donors (Lipinski definition) is 2. The molecular weight excluding hydrogens is 388 g/mol. The van der Waals surface area contributed by atoms with Crippen molar-refractivity contribution in [1.82, 2.24) is 15.5 Å². The molecule has 0 amide bonds. The average molecular weight is 427 g/mol. The Morgan fingerprint density at radius 1 is 1.06 bits per heavy atom. The van der Waals surface area contributed by atoms with E-state index >= 15 is 0 Å². The highest BCUT2D eigenvalue weighted by Gasteiger charge is 2.37. The quantitative estimate of drug-likeness (QED) is 0.639. The Bertz CT molecular complexity index is 881. The average Bonchev–Trinajstić information content (AvgIpc) is 3.25. The maximum absolute atomic E-state index is 8.90. The van der Waals surface area contributed by atoms with Crippen LogP contribution in [0.3, 0.4) is 0 Å². The summed E-state index contributed by atoms with van der Waals surface area (Å²) in [6, 6.07) is 7.87. The second-order valence-corrected chi connectivity index (χ2v) is 10.6. The molecule has 1 saturated heterocycles. The van der Waals surface area contributed by atoms with Crippen molar-refractivity contribution < 1.29 is 9.63 Å². The fraction of sp³-hybridized carbons (Fsp3) is 0.680. The first-order valence-corrected chi connectivity index (χ1v) is 11.9. The van der Waals surface area contributed by atoms with Crippen molar-refractivity contribution in [2.75, 3.05) is 31.1 Å². The minimum Gasteiger partial charge on any atom is -0.396 e. The summed E-state index contributed by atoms with van der Waals surface area (Å²) in [7, 11) is 0. The number of hydrogen-bond acceptors (Lipinski definition) is 6. The van der Waals surface area contributed by atoms with Gasteiger partial charge in [0, 0.05) is 31.3 Å². The van der Waals surface area contributed by atoms with Gasteiger partial charge in [0.2, 0.25) is 5.82 Å². The first kappa shape index (κ1) is 22.3. The van der Waals surface area contributed by atoms with Crippen molar-refractivity contribution in [2.24, 2.45) is 0 Å². The van der Waals surface area contributed by atoms with Crippen LogP contribution in [-0.2, 0) is 10.8 Å². The summed E-state index contributed by atoms with van der Waals surface area (Å²) in [5.74, 6) is 0.682. The van der Waals surface area contributed by atoms with Gasteiger partial charge in [-0.15, -0.1) is 0 Å². The van der Waals surface area contributed by atoms with Crippen molar-refractivity contribution in [2.45, 2.75) is 83.1 Å². The van der Waals surface area contributed by atoms with E-state index in [0.29, 0.717) is 17.9 Å². The predicted molar refractivity (Wildman–Crippen MR) is 125 cm³/mol. The Morgan fingerprint density at radius 3 is 2.48 bits per heavy atom. The molecule has 2 aromatic rings. The van der Waals surface area contributed by atoms with Crippen LogP contribution in [0.15, 0.2) is 22.7 Å². The predicted octanol–water partition coefficient (Wildman–Crippen LogP) is 4.42. The Hall–Kier alpha value is -1.92. The molecular formula is C25H38N4O2. The second kappa shape index (κ2) is 8.91. The summed E-state index contributed by atoms with van der Waals surface area (Å²) >= 11 is 0. The van der Waals surface area contributed by atoms with Gasteiger partial charge in [0.05, 0.1) is 0 Å². The van der Waals surface area contributed by atoms with Gasteiger partial charge in [-0.2, -0.15) is 4.98 Å². The normalized spacial score (nSPS) is 20.6. The van der Waals surface area contributed by atoms with E-state index < -0.39 is 0 Å². The molecule has 31 heavy (non-hydrogen) atoms. The van der Waals surface area contributed by atoms with Gasteiger partial charge >= 0.3 is 6.01 Å². The summed E-state index contributed by atoms with van der Waals surface area (Å²) in [5, 5.41) is 16.8. The van der Waals surface area contributed by atoms with Gasteiger partial charge in [-0.05, 0) is 73.1 Å². The smallest absolute Gasteiger partial charge is 0.324 e. The highest BCUT2D eigenvalue weighted by atomic mass is 16.5. The summed E-state index contributed by atoms with van der Waals surface area (Å²) < 4.78 is 5.66. The van der Waals surface area contributed by atoms with Crippen LogP contribution in [-0.4, -0.2) is 47.5 Å². The van der Waals surface area contributed by atoms with Crippen LogP contribution in [0.1, 0.15) is 77.3 Å². The molecule has 6 nitrogen and oxygen atoms in total. The molecule has 0 spiro atoms. The third-order valence-corrected chi connectivity index (χ3v) is 7.31. The van der Waals surface area contributed by atoms with Crippen LogP contribution in [0, 0.1) is 0 Å². The van der Waals surface area contributed by atoms with Gasteiger partial charge in [0.25, 0.3) is 0 Å². The van der Waals surface area contributed by atoms with Crippen LogP contribution >= 0.6 is 0 Å². The topological polar surface area (TPSA) is 74.4 Å². The van der Waals surface area contributed by atoms with E-state index in [1.807, 2.05) is 0 Å². The van der Waals surface area contributed by atoms with E-state index in [2.05, 4.69) is 61.3 Å². The first-order chi connectivity index (χ1) is 14.8. The summed E-state index contributed by atoms with van der Waals surface area (Å²) in [6.07, 6.45) is 6.44. The zero-order valence-corrected chi connectivity index (χ0v) is 19.6. The van der Waals surface area contributed by atoms with Crippen LogP contribution in [0.4, 0.5) is 6.01 Å². The van der Waals surface area contributed by atoms with Crippen LogP contribution in [0.2, 0.25) is 0 Å². The molecule has 0 atom stereocenters. The number of aromatic nitrogens is 2. The Balaban J connectivity index is 1.43. The maximum atomic E-state index is 8.90. The molecule has 6 heteroatoms. The van der Waals surface area contributed by atoms with E-state index in [1.54, 1.807) is 0 Å². The number of unbranched alkanes of at least 4 members (excludes halogenated alkanes) is 1. The zero-order chi connectivity index (χ0) is 22.1. The van der Waals surface area contributed by atoms with E-state index in [4.69, 9.17) is 14.6 Å². The third-order valence-electron chi connectivity index (χ3n) is 7.31. The van der Waals surface area contributed by atoms with E-state index in [0.717, 1.165) is 50.9 Å². The van der Waals surface area contributed by atoms with Gasteiger partial charge in [-0.3, -0.25) is 0 Å². The van der Waals surface area contributed by atoms with Gasteiger partial charge in [0.15, 0.2) is 0 Å². The molecule has 4 rings (SSSR count). The van der Waals surface area contributed by atoms with Gasteiger partial charge in [-0.1, -0.05) is 45.0 Å². The Kier molecular flexibility index (Phi) is 6.40. The lowest BCUT2D eigenvalue weighted by Gasteiger charge is -2.42. The fourth-order valence-electron chi connectivity index (χ4n) is 5.01. The van der Waals surface area contributed by atoms with Crippen LogP contribution in [0.5, 0.6) is 0 Å². The number of aliphatic hydroxyl groups excluding tert-OH is 1. The monoisotopic (exact) mass is 426 g/mol. The molecule has 2 N–H and O–H groups in total. The first-order valence-electron chi connectivity index (χ1n) is 11.9. The number of nitrogens with zero attached hydrogens (tertiary/aromatic N) is 3. The number of benzene rings is 1. The number of nitrogens with one attached hydrogen (secondary N) is 1. The largest absolute Gasteiger partial charge is 0.396 e. The Labute approximate surface area is 186 Å². The lowest BCUT2D eigenvalue weighted by atomic mass is 9.63. The second-order valence-electron chi connectivity index (χ2n) is 10.6. The Morgan fingerprint density at radius 2 is 1.77 bits per heavy atom. The van der Waals surface area contributed by atoms with Gasteiger partial charge in [0.1, 0.15) is 0 Å². The minimum atomic E-state index is 0.166. The molecule has 1 fully saturated rings. The molecule has 2 heterocycles. The number of anilines is 1. The standard InChI is InChI=1S/C25H38N4O2/c1-24(2)11-12-25(3,4)21-17-18(7-8-20(21)24)22-27-23(31-28-22)29-14-9-19(10-15-29)26-13-5-6-16-30/h7-8,17,19,26,30H,5-6,9-16H2,1-4H3. The minimum absolute atomic E-state index is 0.166. The SMILES string of the molecule is CC1(C)CCC(C)(C)c2cc(-c3noc(N4CCC(NCCCCO)CC4)n3)ccc21. The molecule has 1 aliphatic heterocycles. The molecule has 1 aromatic carbocycles. The number of fused-ring (bicyclic) bond motifs is 1. The highest BCUT2D eigenvalue weighted by molar-refractivity contribution is 5.60. The van der Waals surface area contributed by atoms with Crippen LogP contribution < -0.4 is 10.2 Å². The lowest BCUT2D eigenvalue weighted by molar-refractivity contribution is 0.281. The third kappa shape index (κ3) is 4.80. The van der Waals surface area contributed by atoms with Crippen molar-refractivity contribution >= 4 is 6.01 Å². The maximum Gasteiger partial charge on any atom is 0.324 e. The molecule has 1 aliphatic carbocycles. The van der Waals surface area contributed by atoms with Crippen molar-refractivity contribution in [3.8, 4) is 11.4 Å². The number of piperidine rings is 1. The molecule has 2 aliphatic rings. The zero-order valence-electron chi connectivity index (χ0n) is 19.6. The van der Waals surface area contributed by atoms with Gasteiger partial charge < -0.3 is 19.8 Å². The molecule has 170 valence electrons. The van der Waals surface area contributed by atoms with Crippen LogP contribution in [0.25, 0.3) is 11.4 Å². The molecule has 0 saturated carbocycles. The van der Waals surface area contributed by atoms with E-state index in [1.165, 1.54) is 24.0 Å².